The molecule has 3 heteroatoms. The van der Waals surface area contributed by atoms with Gasteiger partial charge in [0, 0.05) is 0 Å². The highest BCUT2D eigenvalue weighted by molar-refractivity contribution is 6.52. The van der Waals surface area contributed by atoms with Gasteiger partial charge in [0.15, 0.2) is 0 Å². The fraction of sp³-hybridized carbons (Fsp3) is 0.263. The molecule has 1 amide bonds. The van der Waals surface area contributed by atoms with Crippen molar-refractivity contribution in [3.8, 4) is 0 Å². The molecule has 2 aromatic carbocycles. The minimum absolute atomic E-state index is 0.409. The van der Waals surface area contributed by atoms with Crippen molar-refractivity contribution in [1.82, 2.24) is 0 Å². The zero-order valence-electron chi connectivity index (χ0n) is 13.1. The molecule has 0 atom stereocenters. The van der Waals surface area contributed by atoms with Crippen molar-refractivity contribution in [2.45, 2.75) is 33.2 Å². The summed E-state index contributed by atoms with van der Waals surface area (Å²) in [5, 5.41) is 0. The van der Waals surface area contributed by atoms with E-state index in [1.807, 2.05) is 19.1 Å². The number of fused-ring (bicyclic) bond motifs is 1. The number of ketones is 1. The second-order valence-electron chi connectivity index (χ2n) is 6.08. The lowest BCUT2D eigenvalue weighted by molar-refractivity contribution is -0.114. The van der Waals surface area contributed by atoms with E-state index < -0.39 is 11.7 Å². The normalized spacial score (nSPS) is 13.9. The van der Waals surface area contributed by atoms with Crippen LogP contribution in [0.2, 0.25) is 0 Å². The average molecular weight is 293 g/mol. The van der Waals surface area contributed by atoms with E-state index in [-0.39, 0.29) is 0 Å². The molecule has 0 saturated carbocycles. The summed E-state index contributed by atoms with van der Waals surface area (Å²) in [6.45, 7) is 6.77. The monoisotopic (exact) mass is 293 g/mol. The fourth-order valence-corrected chi connectivity index (χ4v) is 2.80. The van der Waals surface area contributed by atoms with E-state index in [9.17, 15) is 9.59 Å². The zero-order chi connectivity index (χ0) is 15.9. The number of benzene rings is 2. The molecule has 1 heterocycles. The Morgan fingerprint density at radius 2 is 1.77 bits per heavy atom. The van der Waals surface area contributed by atoms with Crippen molar-refractivity contribution in [1.29, 1.82) is 0 Å². The summed E-state index contributed by atoms with van der Waals surface area (Å²) in [7, 11) is 0. The van der Waals surface area contributed by atoms with Gasteiger partial charge in [0.25, 0.3) is 11.7 Å². The number of hydrogen-bond acceptors (Lipinski definition) is 2. The highest BCUT2D eigenvalue weighted by Gasteiger charge is 2.35. The van der Waals surface area contributed by atoms with Crippen LogP contribution in [0.25, 0.3) is 0 Å². The third-order valence-electron chi connectivity index (χ3n) is 4.25. The highest BCUT2D eigenvalue weighted by atomic mass is 16.2. The van der Waals surface area contributed by atoms with Crippen LogP contribution in [-0.4, -0.2) is 11.7 Å². The van der Waals surface area contributed by atoms with Gasteiger partial charge in [-0.1, -0.05) is 44.2 Å². The molecule has 0 saturated heterocycles. The minimum atomic E-state index is -0.435. The molecule has 0 aliphatic carbocycles. The lowest BCUT2D eigenvalue weighted by Gasteiger charge is -2.19. The smallest absolute Gasteiger partial charge is 0.299 e. The van der Waals surface area contributed by atoms with E-state index in [1.54, 1.807) is 17.0 Å². The number of anilines is 1. The predicted octanol–water partition coefficient (Wildman–Crippen LogP) is 3.85. The number of aryl methyl sites for hydroxylation is 1. The van der Waals surface area contributed by atoms with Gasteiger partial charge >= 0.3 is 0 Å². The molecule has 0 aromatic heterocycles. The molecule has 3 rings (SSSR count). The number of hydrogen-bond donors (Lipinski definition) is 0. The van der Waals surface area contributed by atoms with Gasteiger partial charge in [-0.25, -0.2) is 0 Å². The maximum absolute atomic E-state index is 12.3. The summed E-state index contributed by atoms with van der Waals surface area (Å²) in [5.41, 5.74) is 4.68. The summed E-state index contributed by atoms with van der Waals surface area (Å²) in [6.07, 6.45) is 0. The van der Waals surface area contributed by atoms with Gasteiger partial charge in [0.05, 0.1) is 17.8 Å². The Balaban J connectivity index is 1.99. The van der Waals surface area contributed by atoms with Crippen LogP contribution in [0.3, 0.4) is 0 Å². The molecule has 0 fully saturated rings. The van der Waals surface area contributed by atoms with Crippen molar-refractivity contribution in [2.75, 3.05) is 4.90 Å². The van der Waals surface area contributed by atoms with Crippen LogP contribution in [0.15, 0.2) is 42.5 Å². The first-order valence-electron chi connectivity index (χ1n) is 7.53. The van der Waals surface area contributed by atoms with Gasteiger partial charge < -0.3 is 4.90 Å². The molecule has 0 unspecified atom stereocenters. The van der Waals surface area contributed by atoms with Crippen molar-refractivity contribution in [2.24, 2.45) is 0 Å². The molecule has 1 aliphatic heterocycles. The molecule has 22 heavy (non-hydrogen) atoms. The molecule has 3 nitrogen and oxygen atoms in total. The van der Waals surface area contributed by atoms with E-state index in [0.717, 1.165) is 11.1 Å². The Morgan fingerprint density at radius 1 is 1.05 bits per heavy atom. The van der Waals surface area contributed by atoms with Gasteiger partial charge in [0.2, 0.25) is 0 Å². The van der Waals surface area contributed by atoms with Crippen LogP contribution < -0.4 is 4.90 Å². The molecule has 0 radical (unpaired) electrons. The number of para-hydroxylation sites is 1. The van der Waals surface area contributed by atoms with Gasteiger partial charge in [-0.15, -0.1) is 0 Å². The SMILES string of the molecule is Cc1ccc(C(C)C)cc1CN1C(=O)C(=O)c2ccccc21. The number of rotatable bonds is 3. The van der Waals surface area contributed by atoms with Crippen LogP contribution in [-0.2, 0) is 11.3 Å². The molecule has 2 aromatic rings. The maximum Gasteiger partial charge on any atom is 0.299 e. The number of carbonyl (C=O) groups excluding carboxylic acids is 2. The molecule has 0 bridgehead atoms. The Labute approximate surface area is 130 Å². The Morgan fingerprint density at radius 3 is 2.50 bits per heavy atom. The quantitative estimate of drug-likeness (QED) is 0.806. The molecule has 112 valence electrons. The van der Waals surface area contributed by atoms with Crippen LogP contribution in [0.5, 0.6) is 0 Å². The third kappa shape index (κ3) is 2.33. The average Bonchev–Trinajstić information content (AvgIpc) is 2.74. The molecule has 1 aliphatic rings. The van der Waals surface area contributed by atoms with Gasteiger partial charge in [-0.05, 0) is 41.7 Å². The van der Waals surface area contributed by atoms with Gasteiger partial charge in [0.1, 0.15) is 0 Å². The van der Waals surface area contributed by atoms with Crippen LogP contribution >= 0.6 is 0 Å². The number of amides is 1. The summed E-state index contributed by atoms with van der Waals surface area (Å²) in [4.78, 5) is 25.9. The highest BCUT2D eigenvalue weighted by Crippen LogP contribution is 2.31. The first-order valence-corrected chi connectivity index (χ1v) is 7.53. The first-order chi connectivity index (χ1) is 10.5. The summed E-state index contributed by atoms with van der Waals surface area (Å²) in [5.74, 6) is -0.411. The Bertz CT molecular complexity index is 762. The predicted molar refractivity (Wildman–Crippen MR) is 87.2 cm³/mol. The topological polar surface area (TPSA) is 37.4 Å². The number of carbonyl (C=O) groups is 2. The zero-order valence-corrected chi connectivity index (χ0v) is 13.1. The lowest BCUT2D eigenvalue weighted by Crippen LogP contribution is -2.29. The van der Waals surface area contributed by atoms with Crippen molar-refractivity contribution >= 4 is 17.4 Å². The van der Waals surface area contributed by atoms with E-state index >= 15 is 0 Å². The van der Waals surface area contributed by atoms with Crippen molar-refractivity contribution in [3.63, 3.8) is 0 Å². The second kappa shape index (κ2) is 5.41. The van der Waals surface area contributed by atoms with Crippen molar-refractivity contribution < 1.29 is 9.59 Å². The summed E-state index contributed by atoms with van der Waals surface area (Å²) < 4.78 is 0. The minimum Gasteiger partial charge on any atom is -0.300 e. The Kier molecular flexibility index (Phi) is 3.57. The lowest BCUT2D eigenvalue weighted by atomic mass is 9.97. The van der Waals surface area contributed by atoms with Crippen LogP contribution in [0.1, 0.15) is 46.8 Å². The van der Waals surface area contributed by atoms with E-state index in [0.29, 0.717) is 23.7 Å². The van der Waals surface area contributed by atoms with E-state index in [1.165, 1.54) is 5.56 Å². The van der Waals surface area contributed by atoms with Crippen LogP contribution in [0.4, 0.5) is 5.69 Å². The summed E-state index contributed by atoms with van der Waals surface area (Å²) in [6, 6.07) is 13.5. The van der Waals surface area contributed by atoms with Crippen molar-refractivity contribution in [3.05, 3.63) is 64.7 Å². The Hall–Kier alpha value is -2.42. The number of Topliss-reactive ketones (excluding diaryl/α,β-unsaturated/α-hetero) is 1. The number of nitrogens with zero attached hydrogens (tertiary/aromatic N) is 1. The van der Waals surface area contributed by atoms with Gasteiger partial charge in [-0.2, -0.15) is 0 Å². The molecular formula is C19H19NO2. The third-order valence-corrected chi connectivity index (χ3v) is 4.25. The maximum atomic E-state index is 12.3. The molecule has 0 N–H and O–H groups in total. The van der Waals surface area contributed by atoms with Crippen LogP contribution in [0, 0.1) is 6.92 Å². The van der Waals surface area contributed by atoms with E-state index in [2.05, 4.69) is 32.0 Å². The van der Waals surface area contributed by atoms with Gasteiger partial charge in [-0.3, -0.25) is 9.59 Å². The molecular weight excluding hydrogens is 274 g/mol. The summed E-state index contributed by atoms with van der Waals surface area (Å²) >= 11 is 0. The first kappa shape index (κ1) is 14.5. The fourth-order valence-electron chi connectivity index (χ4n) is 2.80. The van der Waals surface area contributed by atoms with E-state index in [4.69, 9.17) is 0 Å². The molecule has 0 spiro atoms. The standard InChI is InChI=1S/C19H19NO2/c1-12(2)14-9-8-13(3)15(10-14)11-20-17-7-5-4-6-16(17)18(21)19(20)22/h4-10,12H,11H2,1-3H3. The second-order valence-corrected chi connectivity index (χ2v) is 6.08. The largest absolute Gasteiger partial charge is 0.300 e.